The number of rotatable bonds is 5. The number of anilines is 1. The van der Waals surface area contributed by atoms with Crippen LogP contribution in [0.15, 0.2) is 23.4 Å². The van der Waals surface area contributed by atoms with Crippen LogP contribution in [0.25, 0.3) is 0 Å². The zero-order valence-electron chi connectivity index (χ0n) is 11.5. The van der Waals surface area contributed by atoms with E-state index in [0.717, 1.165) is 5.82 Å². The number of carbonyl (C=O) groups is 1. The van der Waals surface area contributed by atoms with Crippen LogP contribution in [0.5, 0.6) is 0 Å². The molecule has 1 aromatic carbocycles. The summed E-state index contributed by atoms with van der Waals surface area (Å²) in [5.74, 6) is 1.10. The predicted octanol–water partition coefficient (Wildman–Crippen LogP) is 3.97. The van der Waals surface area contributed by atoms with E-state index in [-0.39, 0.29) is 17.6 Å². The molecule has 2 aromatic rings. The molecule has 2 N–H and O–H groups in total. The van der Waals surface area contributed by atoms with Crippen molar-refractivity contribution < 1.29 is 4.79 Å². The SMILES string of the molecule is CC(C)c1nc(SCC(=O)Nc2ccc(Cl)cc2Cl)n[nH]1. The number of nitrogens with zero attached hydrogens (tertiary/aromatic N) is 2. The van der Waals surface area contributed by atoms with Gasteiger partial charge in [0.1, 0.15) is 5.82 Å². The largest absolute Gasteiger partial charge is 0.324 e. The van der Waals surface area contributed by atoms with Gasteiger partial charge in [0.05, 0.1) is 16.5 Å². The van der Waals surface area contributed by atoms with Crippen LogP contribution in [0.2, 0.25) is 10.0 Å². The highest BCUT2D eigenvalue weighted by Crippen LogP contribution is 2.25. The molecule has 1 heterocycles. The summed E-state index contributed by atoms with van der Waals surface area (Å²) in [6.45, 7) is 4.04. The Balaban J connectivity index is 1.89. The van der Waals surface area contributed by atoms with Gasteiger partial charge in [-0.05, 0) is 18.2 Å². The van der Waals surface area contributed by atoms with Crippen molar-refractivity contribution in [3.8, 4) is 0 Å². The minimum atomic E-state index is -0.180. The molecule has 0 unspecified atom stereocenters. The summed E-state index contributed by atoms with van der Waals surface area (Å²) in [5, 5.41) is 11.1. The van der Waals surface area contributed by atoms with Crippen LogP contribution in [-0.2, 0) is 4.79 Å². The van der Waals surface area contributed by atoms with E-state index in [1.54, 1.807) is 18.2 Å². The number of amides is 1. The number of aromatic amines is 1. The Labute approximate surface area is 136 Å². The third-order valence-electron chi connectivity index (χ3n) is 2.57. The van der Waals surface area contributed by atoms with Gasteiger partial charge in [0.2, 0.25) is 11.1 Å². The molecule has 0 aliphatic heterocycles. The van der Waals surface area contributed by atoms with Gasteiger partial charge >= 0.3 is 0 Å². The first-order valence-corrected chi connectivity index (χ1v) is 8.00. The maximum absolute atomic E-state index is 11.9. The lowest BCUT2D eigenvalue weighted by molar-refractivity contribution is -0.113. The number of H-pyrrole nitrogens is 1. The molecule has 0 saturated heterocycles. The number of halogens is 2. The molecule has 0 aliphatic carbocycles. The number of carbonyl (C=O) groups excluding carboxylic acids is 1. The minimum absolute atomic E-state index is 0.180. The van der Waals surface area contributed by atoms with Crippen molar-refractivity contribution in [1.82, 2.24) is 15.2 Å². The Morgan fingerprint density at radius 1 is 1.43 bits per heavy atom. The summed E-state index contributed by atoms with van der Waals surface area (Å²) >= 11 is 13.1. The maximum Gasteiger partial charge on any atom is 0.234 e. The number of thioether (sulfide) groups is 1. The van der Waals surface area contributed by atoms with E-state index in [1.807, 2.05) is 13.8 Å². The first kappa shape index (κ1) is 16.1. The fourth-order valence-corrected chi connectivity index (χ4v) is 2.55. The average molecular weight is 345 g/mol. The normalized spacial score (nSPS) is 10.9. The van der Waals surface area contributed by atoms with E-state index < -0.39 is 0 Å². The minimum Gasteiger partial charge on any atom is -0.324 e. The van der Waals surface area contributed by atoms with Gasteiger partial charge in [-0.3, -0.25) is 9.89 Å². The molecule has 1 aromatic heterocycles. The Kier molecular flexibility index (Phi) is 5.50. The molecular weight excluding hydrogens is 331 g/mol. The van der Waals surface area contributed by atoms with Crippen LogP contribution < -0.4 is 5.32 Å². The Morgan fingerprint density at radius 2 is 2.19 bits per heavy atom. The van der Waals surface area contributed by atoms with Gasteiger partial charge in [-0.1, -0.05) is 48.8 Å². The van der Waals surface area contributed by atoms with E-state index in [9.17, 15) is 4.79 Å². The molecule has 0 atom stereocenters. The summed E-state index contributed by atoms with van der Waals surface area (Å²) in [5.41, 5.74) is 0.532. The van der Waals surface area contributed by atoms with Crippen LogP contribution in [0.3, 0.4) is 0 Å². The average Bonchev–Trinajstić information content (AvgIpc) is 2.89. The number of benzene rings is 1. The second-order valence-corrected chi connectivity index (χ2v) is 6.41. The third-order valence-corrected chi connectivity index (χ3v) is 3.96. The lowest BCUT2D eigenvalue weighted by atomic mass is 10.2. The highest BCUT2D eigenvalue weighted by molar-refractivity contribution is 7.99. The van der Waals surface area contributed by atoms with Gasteiger partial charge in [-0.15, -0.1) is 5.10 Å². The molecule has 2 rings (SSSR count). The molecule has 1 amide bonds. The molecule has 112 valence electrons. The first-order chi connectivity index (χ1) is 9.95. The fourth-order valence-electron chi connectivity index (χ4n) is 1.49. The Hall–Kier alpha value is -1.24. The monoisotopic (exact) mass is 344 g/mol. The van der Waals surface area contributed by atoms with Crippen molar-refractivity contribution in [3.05, 3.63) is 34.1 Å². The molecule has 5 nitrogen and oxygen atoms in total. The van der Waals surface area contributed by atoms with E-state index >= 15 is 0 Å². The molecule has 0 saturated carbocycles. The van der Waals surface area contributed by atoms with Crippen molar-refractivity contribution in [1.29, 1.82) is 0 Å². The van der Waals surface area contributed by atoms with Gasteiger partial charge < -0.3 is 5.32 Å². The van der Waals surface area contributed by atoms with Crippen LogP contribution in [0, 0.1) is 0 Å². The molecule has 0 fully saturated rings. The summed E-state index contributed by atoms with van der Waals surface area (Å²) in [4.78, 5) is 16.2. The molecule has 21 heavy (non-hydrogen) atoms. The van der Waals surface area contributed by atoms with E-state index in [0.29, 0.717) is 20.9 Å². The van der Waals surface area contributed by atoms with Gasteiger partial charge in [0.25, 0.3) is 0 Å². The number of hydrogen-bond donors (Lipinski definition) is 2. The van der Waals surface area contributed by atoms with Crippen LogP contribution in [-0.4, -0.2) is 26.8 Å². The smallest absolute Gasteiger partial charge is 0.234 e. The highest BCUT2D eigenvalue weighted by Gasteiger charge is 2.11. The predicted molar refractivity (Wildman–Crippen MR) is 86.3 cm³/mol. The molecule has 0 spiro atoms. The maximum atomic E-state index is 11.9. The molecule has 8 heteroatoms. The molecule has 0 aliphatic rings. The fraction of sp³-hybridized carbons (Fsp3) is 0.308. The third kappa shape index (κ3) is 4.62. The summed E-state index contributed by atoms with van der Waals surface area (Å²) in [6, 6.07) is 4.91. The van der Waals surface area contributed by atoms with Crippen molar-refractivity contribution in [2.75, 3.05) is 11.1 Å². The Morgan fingerprint density at radius 3 is 2.81 bits per heavy atom. The Bertz CT molecular complexity index is 645. The van der Waals surface area contributed by atoms with E-state index in [4.69, 9.17) is 23.2 Å². The summed E-state index contributed by atoms with van der Waals surface area (Å²) < 4.78 is 0. The van der Waals surface area contributed by atoms with Gasteiger partial charge in [-0.25, -0.2) is 4.98 Å². The standard InChI is InChI=1S/C13H14Cl2N4OS/c1-7(2)12-17-13(19-18-12)21-6-11(20)16-10-4-3-8(14)5-9(10)15/h3-5,7H,6H2,1-2H3,(H,16,20)(H,17,18,19). The zero-order chi connectivity index (χ0) is 15.4. The lowest BCUT2D eigenvalue weighted by Crippen LogP contribution is -2.14. The van der Waals surface area contributed by atoms with Gasteiger partial charge in [0.15, 0.2) is 0 Å². The van der Waals surface area contributed by atoms with Crippen molar-refractivity contribution in [2.24, 2.45) is 0 Å². The lowest BCUT2D eigenvalue weighted by Gasteiger charge is -2.06. The number of aromatic nitrogens is 3. The first-order valence-electron chi connectivity index (χ1n) is 6.25. The number of nitrogens with one attached hydrogen (secondary N) is 2. The van der Waals surface area contributed by atoms with Crippen molar-refractivity contribution in [3.63, 3.8) is 0 Å². The summed E-state index contributed by atoms with van der Waals surface area (Å²) in [7, 11) is 0. The van der Waals surface area contributed by atoms with E-state index in [2.05, 4.69) is 20.5 Å². The van der Waals surface area contributed by atoms with Gasteiger partial charge in [-0.2, -0.15) is 0 Å². The summed E-state index contributed by atoms with van der Waals surface area (Å²) in [6.07, 6.45) is 0. The molecule has 0 bridgehead atoms. The van der Waals surface area contributed by atoms with Crippen molar-refractivity contribution in [2.45, 2.75) is 24.9 Å². The topological polar surface area (TPSA) is 70.7 Å². The quantitative estimate of drug-likeness (QED) is 0.805. The van der Waals surface area contributed by atoms with Crippen LogP contribution in [0.4, 0.5) is 5.69 Å². The van der Waals surface area contributed by atoms with Crippen LogP contribution >= 0.6 is 35.0 Å². The second kappa shape index (κ2) is 7.15. The molecule has 0 radical (unpaired) electrons. The zero-order valence-corrected chi connectivity index (χ0v) is 13.8. The molecular formula is C13H14Cl2N4OS. The van der Waals surface area contributed by atoms with E-state index in [1.165, 1.54) is 11.8 Å². The van der Waals surface area contributed by atoms with Gasteiger partial charge in [0, 0.05) is 10.9 Å². The van der Waals surface area contributed by atoms with Crippen LogP contribution in [0.1, 0.15) is 25.6 Å². The highest BCUT2D eigenvalue weighted by atomic mass is 35.5. The number of hydrogen-bond acceptors (Lipinski definition) is 4. The van der Waals surface area contributed by atoms with Crippen molar-refractivity contribution >= 4 is 46.6 Å². The second-order valence-electron chi connectivity index (χ2n) is 4.62.